The van der Waals surface area contributed by atoms with Gasteiger partial charge in [0.15, 0.2) is 5.65 Å². The Morgan fingerprint density at radius 1 is 1.21 bits per heavy atom. The van der Waals surface area contributed by atoms with E-state index in [9.17, 15) is 14.7 Å². The van der Waals surface area contributed by atoms with Crippen LogP contribution in [-0.4, -0.2) is 37.8 Å². The van der Waals surface area contributed by atoms with Crippen molar-refractivity contribution in [3.63, 3.8) is 0 Å². The molecule has 7 nitrogen and oxygen atoms in total. The van der Waals surface area contributed by atoms with E-state index in [2.05, 4.69) is 23.7 Å². The van der Waals surface area contributed by atoms with E-state index in [1.807, 2.05) is 13.0 Å². The number of imidazole rings is 1. The molecule has 3 heterocycles. The Bertz CT molecular complexity index is 1180. The van der Waals surface area contributed by atoms with Crippen molar-refractivity contribution in [3.8, 4) is 5.69 Å². The number of aromatic nitrogens is 3. The molecule has 0 bridgehead atoms. The largest absolute Gasteiger partial charge is 0.478 e. The van der Waals surface area contributed by atoms with Gasteiger partial charge >= 0.3 is 11.7 Å². The molecule has 1 aromatic carbocycles. The average molecular weight is 415 g/mol. The van der Waals surface area contributed by atoms with Gasteiger partial charge < -0.3 is 10.0 Å². The van der Waals surface area contributed by atoms with Crippen molar-refractivity contribution in [2.75, 3.05) is 11.4 Å². The Morgan fingerprint density at radius 3 is 2.55 bits per heavy atom. The number of aryl methyl sites for hydroxylation is 1. The number of carbonyl (C=O) groups is 1. The number of halogens is 1. The van der Waals surface area contributed by atoms with Crippen molar-refractivity contribution in [2.45, 2.75) is 46.2 Å². The maximum absolute atomic E-state index is 13.3. The van der Waals surface area contributed by atoms with Gasteiger partial charge in [0.1, 0.15) is 5.52 Å². The third-order valence-corrected chi connectivity index (χ3v) is 5.98. The number of pyridine rings is 1. The summed E-state index contributed by atoms with van der Waals surface area (Å²) in [5.74, 6) is -1.07. The van der Waals surface area contributed by atoms with Gasteiger partial charge in [-0.1, -0.05) is 25.4 Å². The van der Waals surface area contributed by atoms with E-state index in [-0.39, 0.29) is 16.3 Å². The monoisotopic (exact) mass is 414 g/mol. The lowest BCUT2D eigenvalue weighted by Crippen LogP contribution is -2.41. The first kappa shape index (κ1) is 19.5. The zero-order valence-corrected chi connectivity index (χ0v) is 17.4. The number of rotatable bonds is 5. The molecule has 0 spiro atoms. The fourth-order valence-electron chi connectivity index (χ4n) is 4.26. The van der Waals surface area contributed by atoms with Crippen molar-refractivity contribution in [2.24, 2.45) is 0 Å². The summed E-state index contributed by atoms with van der Waals surface area (Å²) >= 11 is 6.38. The van der Waals surface area contributed by atoms with Gasteiger partial charge in [-0.05, 0) is 44.0 Å². The van der Waals surface area contributed by atoms with Crippen LogP contribution in [0, 0.1) is 6.92 Å². The van der Waals surface area contributed by atoms with Gasteiger partial charge in [-0.15, -0.1) is 0 Å². The summed E-state index contributed by atoms with van der Waals surface area (Å²) in [6.45, 7) is 7.60. The van der Waals surface area contributed by atoms with Crippen LogP contribution in [0.4, 0.5) is 5.69 Å². The van der Waals surface area contributed by atoms with Gasteiger partial charge in [0.05, 0.1) is 22.0 Å². The molecule has 0 atom stereocenters. The maximum atomic E-state index is 13.3. The number of hydrogen-bond donors (Lipinski definition) is 1. The molecule has 1 aliphatic rings. The number of nitrogens with zero attached hydrogens (tertiary/aromatic N) is 4. The van der Waals surface area contributed by atoms with Crippen LogP contribution in [0.3, 0.4) is 0 Å². The highest BCUT2D eigenvalue weighted by atomic mass is 35.5. The molecule has 0 aliphatic carbocycles. The van der Waals surface area contributed by atoms with Gasteiger partial charge in [0.25, 0.3) is 0 Å². The molecule has 0 unspecified atom stereocenters. The third kappa shape index (κ3) is 3.00. The summed E-state index contributed by atoms with van der Waals surface area (Å²) in [6, 6.07) is 6.81. The van der Waals surface area contributed by atoms with Crippen molar-refractivity contribution < 1.29 is 9.90 Å². The molecule has 3 aromatic rings. The normalized spacial score (nSPS) is 13.5. The molecule has 152 valence electrons. The zero-order valence-electron chi connectivity index (χ0n) is 16.6. The number of anilines is 1. The van der Waals surface area contributed by atoms with Crippen molar-refractivity contribution in [1.29, 1.82) is 0 Å². The average Bonchev–Trinajstić information content (AvgIpc) is 2.96. The lowest BCUT2D eigenvalue weighted by atomic mass is 10.1. The van der Waals surface area contributed by atoms with Crippen molar-refractivity contribution in [3.05, 3.63) is 51.0 Å². The van der Waals surface area contributed by atoms with Crippen LogP contribution in [0.25, 0.3) is 16.9 Å². The molecular weight excluding hydrogens is 392 g/mol. The van der Waals surface area contributed by atoms with Gasteiger partial charge in [0, 0.05) is 24.8 Å². The second-order valence-corrected chi connectivity index (χ2v) is 7.77. The summed E-state index contributed by atoms with van der Waals surface area (Å²) < 4.78 is 3.24. The van der Waals surface area contributed by atoms with Crippen LogP contribution in [0.1, 0.15) is 42.7 Å². The van der Waals surface area contributed by atoms with Gasteiger partial charge in [-0.2, -0.15) is 0 Å². The predicted octanol–water partition coefficient (Wildman–Crippen LogP) is 3.86. The molecule has 1 N–H and O–H groups in total. The summed E-state index contributed by atoms with van der Waals surface area (Å²) in [5.41, 5.74) is 3.47. The molecule has 29 heavy (non-hydrogen) atoms. The Morgan fingerprint density at radius 2 is 1.93 bits per heavy atom. The summed E-state index contributed by atoms with van der Waals surface area (Å²) in [4.78, 5) is 31.6. The first-order valence-corrected chi connectivity index (χ1v) is 10.2. The molecule has 2 aromatic heterocycles. The van der Waals surface area contributed by atoms with Crippen molar-refractivity contribution >= 4 is 34.4 Å². The fourth-order valence-corrected chi connectivity index (χ4v) is 4.52. The van der Waals surface area contributed by atoms with E-state index < -0.39 is 5.97 Å². The molecule has 1 aliphatic heterocycles. The van der Waals surface area contributed by atoms with E-state index in [0.29, 0.717) is 23.9 Å². The topological polar surface area (TPSA) is 80.4 Å². The fraction of sp³-hybridized carbons (Fsp3) is 0.381. The quantitative estimate of drug-likeness (QED) is 0.685. The lowest BCUT2D eigenvalue weighted by molar-refractivity contribution is 0.0697. The van der Waals surface area contributed by atoms with Crippen LogP contribution in [0.2, 0.25) is 5.02 Å². The Kier molecular flexibility index (Phi) is 4.86. The van der Waals surface area contributed by atoms with Crippen LogP contribution in [0.5, 0.6) is 0 Å². The second-order valence-electron chi connectivity index (χ2n) is 7.36. The highest BCUT2D eigenvalue weighted by Crippen LogP contribution is 2.34. The molecular formula is C21H23ClN4O3. The Balaban J connectivity index is 2.00. The molecule has 0 saturated carbocycles. The first-order valence-electron chi connectivity index (χ1n) is 9.80. The SMILES string of the molecule is CCC(CC)N1CCn2c(=O)n(-c3ccc(C(=O)O)cc3Cl)c3nc(C)cc1c32. The standard InChI is InChI=1S/C21H23ClN4O3/c1-4-14(5-2)24-8-9-25-18-17(24)10-12(3)23-19(18)26(21(25)29)16-7-6-13(20(27)28)11-15(16)22/h6-7,10-11,14H,4-5,8-9H2,1-3H3,(H,27,28). The smallest absolute Gasteiger partial charge is 0.335 e. The number of carboxylic acid groups (broad SMARTS) is 1. The van der Waals surface area contributed by atoms with Crippen molar-refractivity contribution in [1.82, 2.24) is 14.1 Å². The summed E-state index contributed by atoms with van der Waals surface area (Å²) in [5, 5.41) is 9.40. The molecule has 0 radical (unpaired) electrons. The van der Waals surface area contributed by atoms with E-state index in [1.54, 1.807) is 10.6 Å². The second kappa shape index (κ2) is 7.22. The van der Waals surface area contributed by atoms with Crippen LogP contribution < -0.4 is 10.6 Å². The third-order valence-electron chi connectivity index (χ3n) is 5.68. The highest BCUT2D eigenvalue weighted by molar-refractivity contribution is 6.32. The predicted molar refractivity (Wildman–Crippen MR) is 114 cm³/mol. The first-order chi connectivity index (χ1) is 13.9. The number of hydrogen-bond acceptors (Lipinski definition) is 4. The van der Waals surface area contributed by atoms with E-state index >= 15 is 0 Å². The van der Waals surface area contributed by atoms with E-state index in [4.69, 9.17) is 11.6 Å². The minimum Gasteiger partial charge on any atom is -0.478 e. The van der Waals surface area contributed by atoms with Crippen LogP contribution in [-0.2, 0) is 6.54 Å². The van der Waals surface area contributed by atoms with Gasteiger partial charge in [-0.25, -0.2) is 19.1 Å². The van der Waals surface area contributed by atoms with E-state index in [0.717, 1.165) is 36.3 Å². The van der Waals surface area contributed by atoms with E-state index in [1.165, 1.54) is 16.7 Å². The molecule has 0 fully saturated rings. The number of aromatic carboxylic acids is 1. The van der Waals surface area contributed by atoms with Crippen LogP contribution in [0.15, 0.2) is 29.1 Å². The minimum atomic E-state index is -1.07. The van der Waals surface area contributed by atoms with Crippen LogP contribution >= 0.6 is 11.6 Å². The van der Waals surface area contributed by atoms with Gasteiger partial charge in [0.2, 0.25) is 0 Å². The molecule has 0 amide bonds. The number of carboxylic acids is 1. The summed E-state index contributed by atoms with van der Waals surface area (Å²) in [6.07, 6.45) is 2.04. The maximum Gasteiger partial charge on any atom is 0.335 e. The Labute approximate surface area is 173 Å². The zero-order chi connectivity index (χ0) is 20.9. The lowest BCUT2D eigenvalue weighted by Gasteiger charge is -2.36. The summed E-state index contributed by atoms with van der Waals surface area (Å²) in [7, 11) is 0. The molecule has 4 rings (SSSR count). The molecule has 8 heteroatoms. The van der Waals surface area contributed by atoms with Gasteiger partial charge in [-0.3, -0.25) is 4.57 Å². The Hall–Kier alpha value is -2.80. The number of benzene rings is 1. The highest BCUT2D eigenvalue weighted by Gasteiger charge is 2.29. The molecule has 0 saturated heterocycles. The minimum absolute atomic E-state index is 0.0737.